The number of carbonyl (C=O) groups excluding carboxylic acids is 1. The number of phenols is 1. The van der Waals surface area contributed by atoms with E-state index in [0.717, 1.165) is 16.8 Å². The number of carbonyl (C=O) groups is 1. The number of nitrogens with zero attached hydrogens (tertiary/aromatic N) is 2. The Kier molecular flexibility index (Phi) is 4.14. The maximum absolute atomic E-state index is 12.4. The molecule has 1 aromatic heterocycles. The van der Waals surface area contributed by atoms with Gasteiger partial charge in [0.05, 0.1) is 30.4 Å². The number of ether oxygens (including phenoxy) is 1. The first kappa shape index (κ1) is 17.8. The molecule has 1 fully saturated rings. The Bertz CT molecular complexity index is 1030. The van der Waals surface area contributed by atoms with Crippen LogP contribution < -0.4 is 10.1 Å². The molecule has 2 N–H and O–H groups in total. The van der Waals surface area contributed by atoms with E-state index in [4.69, 9.17) is 4.74 Å². The summed E-state index contributed by atoms with van der Waals surface area (Å²) in [6, 6.07) is 4.81. The van der Waals surface area contributed by atoms with Crippen LogP contribution in [0.3, 0.4) is 0 Å². The summed E-state index contributed by atoms with van der Waals surface area (Å²) in [5.41, 5.74) is 2.39. The first-order valence-corrected chi connectivity index (χ1v) is 10.6. The molecule has 1 amide bonds. The zero-order chi connectivity index (χ0) is 19.3. The van der Waals surface area contributed by atoms with E-state index in [1.165, 1.54) is 7.11 Å². The van der Waals surface area contributed by atoms with Gasteiger partial charge in [-0.05, 0) is 31.0 Å². The van der Waals surface area contributed by atoms with Gasteiger partial charge in [0.25, 0.3) is 0 Å². The average Bonchev–Trinajstić information content (AvgIpc) is 3.13. The molecule has 1 saturated heterocycles. The molecule has 0 spiro atoms. The molecular weight excluding hydrogens is 370 g/mol. The van der Waals surface area contributed by atoms with Crippen LogP contribution in [-0.2, 0) is 14.6 Å². The van der Waals surface area contributed by atoms with Crippen molar-refractivity contribution in [2.75, 3.05) is 23.9 Å². The highest BCUT2D eigenvalue weighted by Crippen LogP contribution is 2.43. The highest BCUT2D eigenvalue weighted by molar-refractivity contribution is 7.91. The first-order valence-electron chi connectivity index (χ1n) is 8.75. The van der Waals surface area contributed by atoms with Crippen LogP contribution in [0.25, 0.3) is 0 Å². The zero-order valence-corrected chi connectivity index (χ0v) is 15.9. The fourth-order valence-electron chi connectivity index (χ4n) is 4.01. The molecule has 0 unspecified atom stereocenters. The lowest BCUT2D eigenvalue weighted by Crippen LogP contribution is -2.26. The number of hydrogen-bond donors (Lipinski definition) is 2. The van der Waals surface area contributed by atoms with Crippen LogP contribution >= 0.6 is 0 Å². The van der Waals surface area contributed by atoms with Crippen molar-refractivity contribution in [2.45, 2.75) is 31.7 Å². The number of aryl methyl sites for hydroxylation is 1. The predicted molar refractivity (Wildman–Crippen MR) is 99.0 cm³/mol. The quantitative estimate of drug-likeness (QED) is 0.825. The van der Waals surface area contributed by atoms with Crippen LogP contribution in [0.4, 0.5) is 5.82 Å². The predicted octanol–water partition coefficient (Wildman–Crippen LogP) is 1.74. The molecule has 0 radical (unpaired) electrons. The van der Waals surface area contributed by atoms with Gasteiger partial charge in [-0.25, -0.2) is 13.1 Å². The SMILES string of the molecule is COc1ccc([C@@H]2CC(=O)Nc3c2c(C)nn3[C@@H]2CCS(=O)(=O)C2)cc1O. The molecule has 2 aromatic rings. The minimum absolute atomic E-state index is 0.00876. The van der Waals surface area contributed by atoms with E-state index in [0.29, 0.717) is 18.0 Å². The smallest absolute Gasteiger partial charge is 0.226 e. The Labute approximate surface area is 157 Å². The van der Waals surface area contributed by atoms with Gasteiger partial charge >= 0.3 is 0 Å². The number of rotatable bonds is 3. The molecule has 2 atom stereocenters. The van der Waals surface area contributed by atoms with Gasteiger partial charge in [-0.3, -0.25) is 4.79 Å². The van der Waals surface area contributed by atoms with Crippen molar-refractivity contribution in [1.82, 2.24) is 9.78 Å². The number of phenolic OH excluding ortho intramolecular Hbond substituents is 1. The number of sulfone groups is 1. The fraction of sp³-hybridized carbons (Fsp3) is 0.444. The molecule has 27 heavy (non-hydrogen) atoms. The lowest BCUT2D eigenvalue weighted by Gasteiger charge is -2.25. The lowest BCUT2D eigenvalue weighted by atomic mass is 9.85. The van der Waals surface area contributed by atoms with Crippen molar-refractivity contribution in [3.8, 4) is 11.5 Å². The first-order chi connectivity index (χ1) is 12.8. The van der Waals surface area contributed by atoms with Gasteiger partial charge in [-0.1, -0.05) is 6.07 Å². The third-order valence-corrected chi connectivity index (χ3v) is 7.04. The summed E-state index contributed by atoms with van der Waals surface area (Å²) < 4.78 is 30.5. The molecule has 2 aliphatic rings. The third kappa shape index (κ3) is 3.05. The lowest BCUT2D eigenvalue weighted by molar-refractivity contribution is -0.116. The van der Waals surface area contributed by atoms with Crippen LogP contribution in [0.2, 0.25) is 0 Å². The molecule has 0 saturated carbocycles. The van der Waals surface area contributed by atoms with Gasteiger partial charge < -0.3 is 15.2 Å². The van der Waals surface area contributed by atoms with Gasteiger partial charge in [0, 0.05) is 17.9 Å². The van der Waals surface area contributed by atoms with Gasteiger partial charge in [-0.15, -0.1) is 0 Å². The molecule has 1 aromatic carbocycles. The fourth-order valence-corrected chi connectivity index (χ4v) is 5.71. The molecule has 0 aliphatic carbocycles. The molecule has 4 rings (SSSR count). The van der Waals surface area contributed by atoms with Crippen LogP contribution in [-0.4, -0.2) is 47.8 Å². The average molecular weight is 391 g/mol. The summed E-state index contributed by atoms with van der Waals surface area (Å²) in [5.74, 6) is 0.671. The second-order valence-corrected chi connectivity index (χ2v) is 9.31. The van der Waals surface area contributed by atoms with E-state index in [9.17, 15) is 18.3 Å². The van der Waals surface area contributed by atoms with Crippen LogP contribution in [0.5, 0.6) is 11.5 Å². The molecule has 8 nitrogen and oxygen atoms in total. The normalized spacial score (nSPS) is 23.7. The van der Waals surface area contributed by atoms with Gasteiger partial charge in [-0.2, -0.15) is 5.10 Å². The van der Waals surface area contributed by atoms with Crippen molar-refractivity contribution in [2.24, 2.45) is 0 Å². The Balaban J connectivity index is 1.79. The second-order valence-electron chi connectivity index (χ2n) is 7.09. The number of hydrogen-bond acceptors (Lipinski definition) is 6. The summed E-state index contributed by atoms with van der Waals surface area (Å²) in [6.07, 6.45) is 0.716. The Morgan fingerprint density at radius 1 is 1.37 bits per heavy atom. The number of aromatic hydroxyl groups is 1. The Hall–Kier alpha value is -2.55. The zero-order valence-electron chi connectivity index (χ0n) is 15.1. The maximum atomic E-state index is 12.4. The van der Waals surface area contributed by atoms with Crippen molar-refractivity contribution in [3.63, 3.8) is 0 Å². The Morgan fingerprint density at radius 3 is 2.78 bits per heavy atom. The second kappa shape index (κ2) is 6.26. The number of methoxy groups -OCH3 is 1. The number of nitrogens with one attached hydrogen (secondary N) is 1. The summed E-state index contributed by atoms with van der Waals surface area (Å²) in [4.78, 5) is 12.4. The Morgan fingerprint density at radius 2 is 2.15 bits per heavy atom. The van der Waals surface area contributed by atoms with E-state index in [-0.39, 0.29) is 41.5 Å². The molecule has 9 heteroatoms. The monoisotopic (exact) mass is 391 g/mol. The van der Waals surface area contributed by atoms with E-state index < -0.39 is 9.84 Å². The van der Waals surface area contributed by atoms with Crippen molar-refractivity contribution in [3.05, 3.63) is 35.0 Å². The minimum Gasteiger partial charge on any atom is -0.504 e. The number of benzene rings is 1. The van der Waals surface area contributed by atoms with Crippen molar-refractivity contribution >= 4 is 21.6 Å². The summed E-state index contributed by atoms with van der Waals surface area (Å²) in [6.45, 7) is 1.85. The van der Waals surface area contributed by atoms with E-state index in [2.05, 4.69) is 10.4 Å². The topological polar surface area (TPSA) is 111 Å². The van der Waals surface area contributed by atoms with Crippen LogP contribution in [0, 0.1) is 6.92 Å². The maximum Gasteiger partial charge on any atom is 0.226 e. The number of fused-ring (bicyclic) bond motifs is 1. The summed E-state index contributed by atoms with van der Waals surface area (Å²) in [7, 11) is -1.60. The summed E-state index contributed by atoms with van der Waals surface area (Å²) in [5, 5.41) is 17.6. The van der Waals surface area contributed by atoms with Gasteiger partial charge in [0.15, 0.2) is 21.3 Å². The molecule has 144 valence electrons. The van der Waals surface area contributed by atoms with Crippen LogP contribution in [0.1, 0.15) is 41.6 Å². The van der Waals surface area contributed by atoms with Gasteiger partial charge in [0.2, 0.25) is 5.91 Å². The summed E-state index contributed by atoms with van der Waals surface area (Å²) >= 11 is 0. The largest absolute Gasteiger partial charge is 0.504 e. The number of aromatic nitrogens is 2. The molecular formula is C18H21N3O5S. The van der Waals surface area contributed by atoms with Gasteiger partial charge in [0.1, 0.15) is 5.82 Å². The number of amides is 1. The minimum atomic E-state index is -3.07. The highest BCUT2D eigenvalue weighted by Gasteiger charge is 2.37. The van der Waals surface area contributed by atoms with Crippen molar-refractivity contribution < 1.29 is 23.1 Å². The standard InChI is InChI=1S/C18H21N3O5S/c1-10-17-13(11-3-4-15(26-2)14(22)7-11)8-16(23)19-18(17)21(20-10)12-5-6-27(24,25)9-12/h3-4,7,12-13,22H,5-6,8-9H2,1-2H3,(H,19,23)/t12-,13+/m1/s1. The molecule has 2 aliphatic heterocycles. The van der Waals surface area contributed by atoms with E-state index in [1.807, 2.05) is 13.0 Å². The van der Waals surface area contributed by atoms with Crippen molar-refractivity contribution in [1.29, 1.82) is 0 Å². The van der Waals surface area contributed by atoms with E-state index in [1.54, 1.807) is 16.8 Å². The third-order valence-electron chi connectivity index (χ3n) is 5.29. The number of anilines is 1. The molecule has 0 bridgehead atoms. The molecule has 3 heterocycles. The van der Waals surface area contributed by atoms with E-state index >= 15 is 0 Å². The highest BCUT2D eigenvalue weighted by atomic mass is 32.2. The van der Waals surface area contributed by atoms with Crippen LogP contribution in [0.15, 0.2) is 18.2 Å².